The monoisotopic (exact) mass is 437 g/mol. The van der Waals surface area contributed by atoms with E-state index in [9.17, 15) is 22.8 Å². The molecule has 1 spiro atoms. The number of hydrogen-bond donors (Lipinski definition) is 1. The Morgan fingerprint density at radius 2 is 2.03 bits per heavy atom. The number of cyclic esters (lactones) is 1. The van der Waals surface area contributed by atoms with E-state index in [1.54, 1.807) is 6.07 Å². The van der Waals surface area contributed by atoms with Gasteiger partial charge in [-0.2, -0.15) is 18.4 Å². The third-order valence-corrected chi connectivity index (χ3v) is 6.30. The zero-order valence-corrected chi connectivity index (χ0v) is 16.7. The fraction of sp³-hybridized carbons (Fsp3) is 0.571. The number of likely N-dealkylation sites (tertiary alicyclic amines) is 1. The summed E-state index contributed by atoms with van der Waals surface area (Å²) in [5.74, 6) is 0.253. The average molecular weight is 437 g/mol. The van der Waals surface area contributed by atoms with Gasteiger partial charge >= 0.3 is 12.3 Å². The fourth-order valence-electron chi connectivity index (χ4n) is 4.48. The molecule has 166 valence electrons. The Labute approximate surface area is 177 Å². The van der Waals surface area contributed by atoms with Crippen LogP contribution in [0.3, 0.4) is 0 Å². The van der Waals surface area contributed by atoms with Crippen LogP contribution >= 0.6 is 0 Å². The zero-order valence-electron chi connectivity index (χ0n) is 16.7. The number of halogens is 3. The second-order valence-corrected chi connectivity index (χ2v) is 8.49. The summed E-state index contributed by atoms with van der Waals surface area (Å²) < 4.78 is 49.0. The number of hydrogen-bond acceptors (Lipinski definition) is 5. The lowest BCUT2D eigenvalue weighted by Gasteiger charge is -2.44. The summed E-state index contributed by atoms with van der Waals surface area (Å²) in [5, 5.41) is 11.9. The van der Waals surface area contributed by atoms with Crippen molar-refractivity contribution in [3.8, 4) is 11.8 Å². The van der Waals surface area contributed by atoms with Crippen molar-refractivity contribution >= 4 is 12.0 Å². The molecule has 2 saturated heterocycles. The second kappa shape index (κ2) is 7.94. The maximum atomic E-state index is 12.8. The summed E-state index contributed by atoms with van der Waals surface area (Å²) >= 11 is 0. The highest BCUT2D eigenvalue weighted by Gasteiger charge is 2.53. The van der Waals surface area contributed by atoms with Crippen LogP contribution in [0.5, 0.6) is 5.75 Å². The van der Waals surface area contributed by atoms with Crippen LogP contribution in [0.15, 0.2) is 18.2 Å². The lowest BCUT2D eigenvalue weighted by Crippen LogP contribution is -2.58. The Morgan fingerprint density at radius 1 is 1.32 bits per heavy atom. The van der Waals surface area contributed by atoms with Crippen molar-refractivity contribution in [3.63, 3.8) is 0 Å². The van der Waals surface area contributed by atoms with Gasteiger partial charge in [-0.1, -0.05) is 0 Å². The molecule has 10 heteroatoms. The number of carbonyl (C=O) groups is 2. The van der Waals surface area contributed by atoms with Gasteiger partial charge in [0.15, 0.2) is 0 Å². The lowest BCUT2D eigenvalue weighted by molar-refractivity contribution is -0.142. The van der Waals surface area contributed by atoms with E-state index in [0.717, 1.165) is 12.1 Å². The van der Waals surface area contributed by atoms with E-state index >= 15 is 0 Å². The number of alkyl carbamates (subject to hydrolysis) is 1. The van der Waals surface area contributed by atoms with Gasteiger partial charge in [-0.15, -0.1) is 0 Å². The summed E-state index contributed by atoms with van der Waals surface area (Å²) in [4.78, 5) is 25.7. The van der Waals surface area contributed by atoms with Crippen molar-refractivity contribution in [1.29, 1.82) is 5.26 Å². The van der Waals surface area contributed by atoms with E-state index in [2.05, 4.69) is 5.32 Å². The van der Waals surface area contributed by atoms with Crippen LogP contribution in [0, 0.1) is 23.2 Å². The van der Waals surface area contributed by atoms with Gasteiger partial charge < -0.3 is 19.7 Å². The van der Waals surface area contributed by atoms with Crippen molar-refractivity contribution in [1.82, 2.24) is 10.2 Å². The van der Waals surface area contributed by atoms with E-state index in [1.807, 2.05) is 4.90 Å². The highest BCUT2D eigenvalue weighted by molar-refractivity contribution is 5.81. The highest BCUT2D eigenvalue weighted by atomic mass is 19.4. The maximum Gasteiger partial charge on any atom is 0.416 e. The van der Waals surface area contributed by atoms with Crippen LogP contribution in [-0.4, -0.2) is 48.7 Å². The number of rotatable bonds is 4. The molecular formula is C21H22F3N3O4. The summed E-state index contributed by atoms with van der Waals surface area (Å²) in [5.41, 5.74) is -1.42. The Kier molecular flexibility index (Phi) is 5.45. The van der Waals surface area contributed by atoms with Crippen molar-refractivity contribution < 1.29 is 32.2 Å². The molecule has 0 radical (unpaired) electrons. The first kappa shape index (κ1) is 21.3. The van der Waals surface area contributed by atoms with Gasteiger partial charge in [0.05, 0.1) is 23.3 Å². The molecule has 2 amide bonds. The molecule has 1 aliphatic carbocycles. The minimum atomic E-state index is -4.51. The van der Waals surface area contributed by atoms with Gasteiger partial charge in [0.25, 0.3) is 0 Å². The Hall–Kier alpha value is -2.96. The molecule has 0 aromatic heterocycles. The SMILES string of the molecule is N#Cc1cc(C(F)(F)F)ccc1OCC1CCN(C(=O)[C@H]2C[C@]3(COC(=O)N3)C2)CC1. The molecule has 1 aromatic rings. The molecule has 1 aromatic carbocycles. The number of nitriles is 1. The Morgan fingerprint density at radius 3 is 2.61 bits per heavy atom. The fourth-order valence-corrected chi connectivity index (χ4v) is 4.48. The third-order valence-electron chi connectivity index (χ3n) is 6.30. The number of piperidine rings is 1. The van der Waals surface area contributed by atoms with Crippen LogP contribution < -0.4 is 10.1 Å². The predicted octanol–water partition coefficient (Wildman–Crippen LogP) is 3.08. The molecule has 2 heterocycles. The molecule has 31 heavy (non-hydrogen) atoms. The van der Waals surface area contributed by atoms with Gasteiger partial charge in [-0.05, 0) is 49.8 Å². The number of alkyl halides is 3. The van der Waals surface area contributed by atoms with Crippen LogP contribution in [0.4, 0.5) is 18.0 Å². The van der Waals surface area contributed by atoms with E-state index in [0.29, 0.717) is 45.4 Å². The number of nitrogens with one attached hydrogen (secondary N) is 1. The van der Waals surface area contributed by atoms with Crippen molar-refractivity contribution in [3.05, 3.63) is 29.3 Å². The van der Waals surface area contributed by atoms with Crippen molar-refractivity contribution in [2.75, 3.05) is 26.3 Å². The molecule has 3 fully saturated rings. The molecule has 4 rings (SSSR count). The molecule has 2 aliphatic heterocycles. The molecule has 3 aliphatic rings. The normalized spacial score (nSPS) is 26.1. The highest BCUT2D eigenvalue weighted by Crippen LogP contribution is 2.42. The number of carbonyl (C=O) groups excluding carboxylic acids is 2. The smallest absolute Gasteiger partial charge is 0.416 e. The zero-order chi connectivity index (χ0) is 22.2. The van der Waals surface area contributed by atoms with Gasteiger partial charge in [-0.25, -0.2) is 4.79 Å². The Balaban J connectivity index is 1.24. The molecule has 0 unspecified atom stereocenters. The predicted molar refractivity (Wildman–Crippen MR) is 101 cm³/mol. The molecule has 1 N–H and O–H groups in total. The number of nitrogens with zero attached hydrogens (tertiary/aromatic N) is 2. The van der Waals surface area contributed by atoms with Gasteiger partial charge in [0.2, 0.25) is 5.91 Å². The average Bonchev–Trinajstić information content (AvgIpc) is 3.12. The van der Waals surface area contributed by atoms with Crippen molar-refractivity contribution in [2.45, 2.75) is 37.4 Å². The minimum Gasteiger partial charge on any atom is -0.492 e. The summed E-state index contributed by atoms with van der Waals surface area (Å²) in [6, 6.07) is 4.63. The van der Waals surface area contributed by atoms with E-state index in [4.69, 9.17) is 14.7 Å². The van der Waals surface area contributed by atoms with Gasteiger partial charge in [0.1, 0.15) is 18.4 Å². The summed E-state index contributed by atoms with van der Waals surface area (Å²) in [6.07, 6.45) is -2.34. The van der Waals surface area contributed by atoms with E-state index < -0.39 is 17.8 Å². The number of amides is 2. The topological polar surface area (TPSA) is 91.7 Å². The van der Waals surface area contributed by atoms with Crippen LogP contribution in [-0.2, 0) is 15.7 Å². The first-order valence-corrected chi connectivity index (χ1v) is 10.2. The summed E-state index contributed by atoms with van der Waals surface area (Å²) in [7, 11) is 0. The summed E-state index contributed by atoms with van der Waals surface area (Å²) in [6.45, 7) is 1.75. The van der Waals surface area contributed by atoms with Crippen LogP contribution in [0.25, 0.3) is 0 Å². The lowest BCUT2D eigenvalue weighted by atomic mass is 9.68. The van der Waals surface area contributed by atoms with E-state index in [1.165, 1.54) is 6.07 Å². The van der Waals surface area contributed by atoms with Crippen molar-refractivity contribution in [2.24, 2.45) is 11.8 Å². The molecule has 7 nitrogen and oxygen atoms in total. The van der Waals surface area contributed by atoms with Gasteiger partial charge in [-0.3, -0.25) is 4.79 Å². The molecule has 1 saturated carbocycles. The number of ether oxygens (including phenoxy) is 2. The standard InChI is InChI=1S/C21H22F3N3O4/c22-21(23,24)16-1-2-17(14(7-16)10-25)30-11-13-3-5-27(6-4-13)18(28)15-8-20(9-15)12-31-19(29)26-20/h1-2,7,13,15H,3-6,8-9,11-12H2,(H,26,29)/t15-,20+. The number of benzene rings is 1. The molecule has 0 atom stereocenters. The minimum absolute atomic E-state index is 0.0839. The molecule has 0 bridgehead atoms. The van der Waals surface area contributed by atoms with Crippen LogP contribution in [0.2, 0.25) is 0 Å². The van der Waals surface area contributed by atoms with Gasteiger partial charge in [0, 0.05) is 19.0 Å². The molecular weight excluding hydrogens is 415 g/mol. The maximum absolute atomic E-state index is 12.8. The Bertz CT molecular complexity index is 913. The van der Waals surface area contributed by atoms with Crippen LogP contribution in [0.1, 0.15) is 36.8 Å². The van der Waals surface area contributed by atoms with E-state index in [-0.39, 0.29) is 41.2 Å². The second-order valence-electron chi connectivity index (χ2n) is 8.49. The third kappa shape index (κ3) is 4.40. The largest absolute Gasteiger partial charge is 0.492 e. The first-order valence-electron chi connectivity index (χ1n) is 10.2. The quantitative estimate of drug-likeness (QED) is 0.782. The first-order chi connectivity index (χ1) is 14.7.